The highest BCUT2D eigenvalue weighted by atomic mass is 16.4. The molecule has 5 nitrogen and oxygen atoms in total. The third-order valence-corrected chi connectivity index (χ3v) is 5.27. The second-order valence-electron chi connectivity index (χ2n) is 8.05. The SMILES string of the molecule is CC(=O)N1CCCCCCCN(CCC(C)C)Cc2cc(C(=O)O)ccc21. The summed E-state index contributed by atoms with van der Waals surface area (Å²) in [5.41, 5.74) is 2.09. The van der Waals surface area contributed by atoms with Crippen LogP contribution in [0.25, 0.3) is 0 Å². The van der Waals surface area contributed by atoms with Crippen LogP contribution in [0.4, 0.5) is 5.69 Å². The van der Waals surface area contributed by atoms with Gasteiger partial charge in [-0.25, -0.2) is 4.79 Å². The molecule has 0 radical (unpaired) electrons. The number of amides is 1. The summed E-state index contributed by atoms with van der Waals surface area (Å²) < 4.78 is 0. The van der Waals surface area contributed by atoms with Crippen LogP contribution in [0, 0.1) is 5.92 Å². The van der Waals surface area contributed by atoms with Gasteiger partial charge in [0.1, 0.15) is 0 Å². The first-order valence-corrected chi connectivity index (χ1v) is 10.2. The quantitative estimate of drug-likeness (QED) is 0.840. The van der Waals surface area contributed by atoms with Crippen LogP contribution in [0.15, 0.2) is 18.2 Å². The Balaban J connectivity index is 2.38. The summed E-state index contributed by atoms with van der Waals surface area (Å²) in [7, 11) is 0. The number of benzene rings is 1. The Labute approximate surface area is 163 Å². The number of fused-ring (bicyclic) bond motifs is 1. The molecule has 0 saturated carbocycles. The van der Waals surface area contributed by atoms with Gasteiger partial charge in [-0.3, -0.25) is 9.69 Å². The molecule has 0 saturated heterocycles. The van der Waals surface area contributed by atoms with Gasteiger partial charge in [0, 0.05) is 25.7 Å². The highest BCUT2D eigenvalue weighted by molar-refractivity contribution is 5.94. The van der Waals surface area contributed by atoms with Crippen LogP contribution in [-0.4, -0.2) is 41.5 Å². The summed E-state index contributed by atoms with van der Waals surface area (Å²) in [4.78, 5) is 28.0. The first-order chi connectivity index (χ1) is 12.9. The summed E-state index contributed by atoms with van der Waals surface area (Å²) in [6.45, 7) is 9.44. The molecular weight excluding hydrogens is 340 g/mol. The number of aromatic carboxylic acids is 1. The molecule has 0 atom stereocenters. The van der Waals surface area contributed by atoms with Crippen molar-refractivity contribution in [3.63, 3.8) is 0 Å². The van der Waals surface area contributed by atoms with Crippen molar-refractivity contribution in [3.05, 3.63) is 29.3 Å². The molecule has 1 aromatic rings. The van der Waals surface area contributed by atoms with Crippen molar-refractivity contribution >= 4 is 17.6 Å². The molecule has 0 aromatic heterocycles. The average Bonchev–Trinajstić information content (AvgIpc) is 2.60. The Kier molecular flexibility index (Phi) is 8.29. The van der Waals surface area contributed by atoms with Crippen LogP contribution < -0.4 is 4.90 Å². The van der Waals surface area contributed by atoms with Gasteiger partial charge in [0.25, 0.3) is 0 Å². The van der Waals surface area contributed by atoms with Gasteiger partial charge in [-0.05, 0) is 62.0 Å². The number of carbonyl (C=O) groups excluding carboxylic acids is 1. The third kappa shape index (κ3) is 6.65. The van der Waals surface area contributed by atoms with Crippen LogP contribution >= 0.6 is 0 Å². The first-order valence-electron chi connectivity index (χ1n) is 10.2. The number of carboxylic acids is 1. The topological polar surface area (TPSA) is 60.9 Å². The van der Waals surface area contributed by atoms with Gasteiger partial charge in [-0.2, -0.15) is 0 Å². The van der Waals surface area contributed by atoms with E-state index in [1.54, 1.807) is 19.1 Å². The van der Waals surface area contributed by atoms with Crippen LogP contribution in [0.5, 0.6) is 0 Å². The summed E-state index contributed by atoms with van der Waals surface area (Å²) in [6.07, 6.45) is 6.80. The molecule has 1 aromatic carbocycles. The van der Waals surface area contributed by atoms with Crippen molar-refractivity contribution in [2.24, 2.45) is 5.92 Å². The summed E-state index contributed by atoms with van der Waals surface area (Å²) in [5.74, 6) is -0.276. The van der Waals surface area contributed by atoms with E-state index in [0.29, 0.717) is 19.0 Å². The molecule has 150 valence electrons. The molecular formula is C22H34N2O3. The second kappa shape index (κ2) is 10.5. The number of anilines is 1. The van der Waals surface area contributed by atoms with Gasteiger partial charge in [-0.15, -0.1) is 0 Å². The Morgan fingerprint density at radius 3 is 2.37 bits per heavy atom. The zero-order valence-corrected chi connectivity index (χ0v) is 17.0. The maximum Gasteiger partial charge on any atom is 0.335 e. The zero-order valence-electron chi connectivity index (χ0n) is 17.0. The van der Waals surface area contributed by atoms with Crippen LogP contribution in [0.1, 0.15) is 75.2 Å². The molecule has 2 rings (SSSR count). The smallest absolute Gasteiger partial charge is 0.335 e. The highest BCUT2D eigenvalue weighted by Gasteiger charge is 2.19. The molecule has 0 bridgehead atoms. The lowest BCUT2D eigenvalue weighted by molar-refractivity contribution is -0.116. The third-order valence-electron chi connectivity index (χ3n) is 5.27. The molecule has 1 aliphatic rings. The molecule has 0 unspecified atom stereocenters. The Bertz CT molecular complexity index is 642. The van der Waals surface area contributed by atoms with Gasteiger partial charge < -0.3 is 10.0 Å². The standard InChI is InChI=1S/C22H34N2O3/c1-17(2)11-14-23-12-7-5-4-6-8-13-24(18(3)25)21-10-9-19(22(26)27)15-20(21)16-23/h9-10,15,17H,4-8,11-14,16H2,1-3H3,(H,26,27). The number of carbonyl (C=O) groups is 2. The minimum Gasteiger partial charge on any atom is -0.478 e. The number of hydrogen-bond acceptors (Lipinski definition) is 3. The maximum atomic E-state index is 12.3. The molecule has 0 fully saturated rings. The van der Waals surface area contributed by atoms with E-state index in [-0.39, 0.29) is 11.5 Å². The van der Waals surface area contributed by atoms with E-state index < -0.39 is 5.97 Å². The van der Waals surface area contributed by atoms with E-state index in [2.05, 4.69) is 18.7 Å². The number of carboxylic acid groups (broad SMARTS) is 1. The molecule has 1 aliphatic heterocycles. The number of hydrogen-bond donors (Lipinski definition) is 1. The Hall–Kier alpha value is -1.88. The van der Waals surface area contributed by atoms with Crippen LogP contribution in [-0.2, 0) is 11.3 Å². The van der Waals surface area contributed by atoms with Crippen molar-refractivity contribution in [2.45, 2.75) is 65.8 Å². The number of rotatable bonds is 4. The van der Waals surface area contributed by atoms with Crippen molar-refractivity contribution in [2.75, 3.05) is 24.5 Å². The van der Waals surface area contributed by atoms with E-state index in [0.717, 1.165) is 43.6 Å². The molecule has 5 heteroatoms. The Morgan fingerprint density at radius 2 is 1.74 bits per heavy atom. The van der Waals surface area contributed by atoms with E-state index in [1.165, 1.54) is 19.3 Å². The van der Waals surface area contributed by atoms with E-state index >= 15 is 0 Å². The van der Waals surface area contributed by atoms with Gasteiger partial charge in [-0.1, -0.05) is 33.1 Å². The van der Waals surface area contributed by atoms with E-state index in [9.17, 15) is 14.7 Å². The van der Waals surface area contributed by atoms with Crippen LogP contribution in [0.3, 0.4) is 0 Å². The lowest BCUT2D eigenvalue weighted by Crippen LogP contribution is -2.33. The fourth-order valence-corrected chi connectivity index (χ4v) is 3.64. The molecule has 1 amide bonds. The first kappa shape index (κ1) is 21.4. The summed E-state index contributed by atoms with van der Waals surface area (Å²) in [6, 6.07) is 5.18. The second-order valence-corrected chi connectivity index (χ2v) is 8.05. The van der Waals surface area contributed by atoms with Crippen molar-refractivity contribution in [1.82, 2.24) is 4.90 Å². The zero-order chi connectivity index (χ0) is 19.8. The lowest BCUT2D eigenvalue weighted by Gasteiger charge is -2.29. The van der Waals surface area contributed by atoms with Gasteiger partial charge >= 0.3 is 5.97 Å². The summed E-state index contributed by atoms with van der Waals surface area (Å²) in [5, 5.41) is 9.42. The predicted octanol–water partition coefficient (Wildman–Crippen LogP) is 4.55. The van der Waals surface area contributed by atoms with Gasteiger partial charge in [0.05, 0.1) is 5.56 Å². The van der Waals surface area contributed by atoms with Gasteiger partial charge in [0.2, 0.25) is 5.91 Å². The van der Waals surface area contributed by atoms with Gasteiger partial charge in [0.15, 0.2) is 0 Å². The predicted molar refractivity (Wildman–Crippen MR) is 109 cm³/mol. The minimum absolute atomic E-state index is 0.0186. The normalized spacial score (nSPS) is 17.1. The maximum absolute atomic E-state index is 12.3. The van der Waals surface area contributed by atoms with E-state index in [1.807, 2.05) is 11.0 Å². The van der Waals surface area contributed by atoms with Crippen molar-refractivity contribution in [3.8, 4) is 0 Å². The molecule has 1 heterocycles. The van der Waals surface area contributed by atoms with E-state index in [4.69, 9.17) is 0 Å². The monoisotopic (exact) mass is 374 g/mol. The minimum atomic E-state index is -0.924. The highest BCUT2D eigenvalue weighted by Crippen LogP contribution is 2.26. The Morgan fingerprint density at radius 1 is 1.07 bits per heavy atom. The van der Waals surface area contributed by atoms with Crippen LogP contribution in [0.2, 0.25) is 0 Å². The summed E-state index contributed by atoms with van der Waals surface area (Å²) >= 11 is 0. The van der Waals surface area contributed by atoms with Crippen molar-refractivity contribution < 1.29 is 14.7 Å². The molecule has 1 N–H and O–H groups in total. The average molecular weight is 375 g/mol. The molecule has 0 aliphatic carbocycles. The fraction of sp³-hybridized carbons (Fsp3) is 0.636. The van der Waals surface area contributed by atoms with Crippen molar-refractivity contribution in [1.29, 1.82) is 0 Å². The lowest BCUT2D eigenvalue weighted by atomic mass is 10.0. The fourth-order valence-electron chi connectivity index (χ4n) is 3.64. The molecule has 27 heavy (non-hydrogen) atoms. The largest absolute Gasteiger partial charge is 0.478 e. The number of nitrogens with zero attached hydrogens (tertiary/aromatic N) is 2. The molecule has 0 spiro atoms.